The van der Waals surface area contributed by atoms with Crippen molar-refractivity contribution in [2.45, 2.75) is 44.4 Å². The van der Waals surface area contributed by atoms with Gasteiger partial charge in [0.2, 0.25) is 0 Å². The number of benzene rings is 2. The monoisotopic (exact) mass is 475 g/mol. The predicted octanol–water partition coefficient (Wildman–Crippen LogP) is 4.66. The fourth-order valence-corrected chi connectivity index (χ4v) is 5.32. The van der Waals surface area contributed by atoms with Crippen LogP contribution in [0.25, 0.3) is 11.3 Å². The Morgan fingerprint density at radius 1 is 1.00 bits per heavy atom. The average Bonchev–Trinajstić information content (AvgIpc) is 3.41. The smallest absolute Gasteiger partial charge is 0.129 e. The minimum Gasteiger partial charge on any atom is -0.390 e. The molecule has 3 aromatic rings. The quantitative estimate of drug-likeness (QED) is 0.596. The zero-order chi connectivity index (χ0) is 22.0. The molecule has 8 heteroatoms. The second-order valence-electron chi connectivity index (χ2n) is 9.33. The van der Waals surface area contributed by atoms with Gasteiger partial charge >= 0.3 is 0 Å². The SMILES string of the molecule is Cl.O[C@@H]1Cc2c(F)cc(F)cc2[C@H]1n1nc(-c2ccc(F)cc2)c2c1CCN(CC1CC1)C2. The van der Waals surface area contributed by atoms with Crippen LogP contribution in [0.2, 0.25) is 0 Å². The summed E-state index contributed by atoms with van der Waals surface area (Å²) in [5.74, 6) is -0.841. The molecule has 1 saturated carbocycles. The van der Waals surface area contributed by atoms with E-state index in [0.717, 1.165) is 60.6 Å². The van der Waals surface area contributed by atoms with E-state index >= 15 is 0 Å². The van der Waals surface area contributed by atoms with Gasteiger partial charge < -0.3 is 5.11 Å². The number of halogens is 4. The molecule has 0 amide bonds. The van der Waals surface area contributed by atoms with E-state index in [1.54, 1.807) is 16.8 Å². The Hall–Kier alpha value is -2.35. The zero-order valence-corrected chi connectivity index (χ0v) is 18.8. The number of hydrogen-bond acceptors (Lipinski definition) is 3. The van der Waals surface area contributed by atoms with Crippen molar-refractivity contribution in [1.82, 2.24) is 14.7 Å². The van der Waals surface area contributed by atoms with Gasteiger partial charge in [0.05, 0.1) is 11.8 Å². The first-order valence-corrected chi connectivity index (χ1v) is 11.2. The molecule has 0 unspecified atom stereocenters. The Bertz CT molecular complexity index is 1190. The van der Waals surface area contributed by atoms with E-state index in [0.29, 0.717) is 11.1 Å². The molecule has 0 saturated heterocycles. The van der Waals surface area contributed by atoms with Gasteiger partial charge in [-0.2, -0.15) is 5.10 Å². The van der Waals surface area contributed by atoms with Crippen LogP contribution in [0.15, 0.2) is 36.4 Å². The Morgan fingerprint density at radius 2 is 1.76 bits per heavy atom. The molecule has 33 heavy (non-hydrogen) atoms. The van der Waals surface area contributed by atoms with Crippen molar-refractivity contribution in [2.24, 2.45) is 5.92 Å². The number of aliphatic hydroxyl groups is 1. The standard InChI is InChI=1S/C25H24F3N3O.ClH/c26-16-5-3-15(4-6-16)24-20-13-30(12-14-1-2-14)8-7-22(20)31(29-24)25-19-9-17(27)10-21(28)18(19)11-23(25)32;/h3-6,9-10,14,23,25,32H,1-2,7-8,11-13H2;1H/t23-,25-;/m1./s1. The minimum atomic E-state index is -0.893. The third kappa shape index (κ3) is 3.96. The van der Waals surface area contributed by atoms with Crippen molar-refractivity contribution < 1.29 is 18.3 Å². The van der Waals surface area contributed by atoms with Gasteiger partial charge in [-0.3, -0.25) is 9.58 Å². The van der Waals surface area contributed by atoms with E-state index in [9.17, 15) is 18.3 Å². The number of rotatable bonds is 4. The van der Waals surface area contributed by atoms with E-state index in [1.807, 2.05) is 0 Å². The molecule has 2 heterocycles. The van der Waals surface area contributed by atoms with Crippen LogP contribution in [0.3, 0.4) is 0 Å². The lowest BCUT2D eigenvalue weighted by Crippen LogP contribution is -2.34. The maximum absolute atomic E-state index is 14.4. The van der Waals surface area contributed by atoms with Crippen molar-refractivity contribution >= 4 is 12.4 Å². The van der Waals surface area contributed by atoms with Crippen molar-refractivity contribution in [2.75, 3.05) is 13.1 Å². The molecule has 0 bridgehead atoms. The van der Waals surface area contributed by atoms with Gasteiger partial charge in [-0.1, -0.05) is 0 Å². The Labute approximate surface area is 196 Å². The van der Waals surface area contributed by atoms with Crippen LogP contribution in [0.5, 0.6) is 0 Å². The summed E-state index contributed by atoms with van der Waals surface area (Å²) in [6, 6.07) is 7.78. The molecule has 3 aliphatic rings. The number of aromatic nitrogens is 2. The third-order valence-electron chi connectivity index (χ3n) is 7.05. The Balaban J connectivity index is 0.00000228. The van der Waals surface area contributed by atoms with Gasteiger partial charge in [0.15, 0.2) is 0 Å². The van der Waals surface area contributed by atoms with Crippen molar-refractivity contribution in [3.8, 4) is 11.3 Å². The highest BCUT2D eigenvalue weighted by molar-refractivity contribution is 5.85. The molecule has 1 N–H and O–H groups in total. The summed E-state index contributed by atoms with van der Waals surface area (Å²) in [5.41, 5.74) is 4.39. The van der Waals surface area contributed by atoms with Crippen LogP contribution >= 0.6 is 12.4 Å². The van der Waals surface area contributed by atoms with Gasteiger partial charge in [-0.05, 0) is 60.2 Å². The fraction of sp³-hybridized carbons (Fsp3) is 0.400. The second-order valence-corrected chi connectivity index (χ2v) is 9.33. The lowest BCUT2D eigenvalue weighted by molar-refractivity contribution is 0.135. The third-order valence-corrected chi connectivity index (χ3v) is 7.05. The highest BCUT2D eigenvalue weighted by Crippen LogP contribution is 2.41. The fourth-order valence-electron chi connectivity index (χ4n) is 5.32. The molecule has 0 spiro atoms. The molecule has 1 aliphatic heterocycles. The van der Waals surface area contributed by atoms with Gasteiger partial charge in [0.1, 0.15) is 23.5 Å². The van der Waals surface area contributed by atoms with E-state index in [-0.39, 0.29) is 24.6 Å². The van der Waals surface area contributed by atoms with Crippen LogP contribution in [0.1, 0.15) is 41.3 Å². The molecule has 6 rings (SSSR count). The summed E-state index contributed by atoms with van der Waals surface area (Å²) >= 11 is 0. The minimum absolute atomic E-state index is 0. The maximum atomic E-state index is 14.4. The van der Waals surface area contributed by atoms with E-state index in [4.69, 9.17) is 5.10 Å². The summed E-state index contributed by atoms with van der Waals surface area (Å²) in [7, 11) is 0. The van der Waals surface area contributed by atoms with E-state index < -0.39 is 23.8 Å². The van der Waals surface area contributed by atoms with E-state index in [2.05, 4.69) is 4.90 Å². The molecular weight excluding hydrogens is 451 g/mol. The normalized spacial score (nSPS) is 22.1. The van der Waals surface area contributed by atoms with E-state index in [1.165, 1.54) is 31.0 Å². The first-order valence-electron chi connectivity index (χ1n) is 11.2. The zero-order valence-electron chi connectivity index (χ0n) is 18.0. The first kappa shape index (κ1) is 22.4. The number of nitrogens with zero attached hydrogens (tertiary/aromatic N) is 3. The number of aliphatic hydroxyl groups excluding tert-OH is 1. The van der Waals surface area contributed by atoms with Gasteiger partial charge in [-0.15, -0.1) is 12.4 Å². The van der Waals surface area contributed by atoms with Crippen LogP contribution < -0.4 is 0 Å². The first-order chi connectivity index (χ1) is 15.5. The number of hydrogen-bond donors (Lipinski definition) is 1. The molecule has 2 atom stereocenters. The molecular formula is C25H25ClF3N3O. The van der Waals surface area contributed by atoms with Crippen molar-refractivity contribution in [3.63, 3.8) is 0 Å². The second kappa shape index (κ2) is 8.46. The summed E-state index contributed by atoms with van der Waals surface area (Å²) in [5, 5.41) is 15.7. The topological polar surface area (TPSA) is 41.3 Å². The lowest BCUT2D eigenvalue weighted by Gasteiger charge is -2.29. The van der Waals surface area contributed by atoms with Gasteiger partial charge in [0.25, 0.3) is 0 Å². The molecule has 174 valence electrons. The van der Waals surface area contributed by atoms with Crippen molar-refractivity contribution in [1.29, 1.82) is 0 Å². The Morgan fingerprint density at radius 3 is 2.48 bits per heavy atom. The molecule has 2 aromatic carbocycles. The lowest BCUT2D eigenvalue weighted by atomic mass is 9.99. The largest absolute Gasteiger partial charge is 0.390 e. The van der Waals surface area contributed by atoms with Crippen LogP contribution in [0, 0.1) is 23.4 Å². The van der Waals surface area contributed by atoms with Crippen LogP contribution in [-0.2, 0) is 19.4 Å². The highest BCUT2D eigenvalue weighted by Gasteiger charge is 2.39. The van der Waals surface area contributed by atoms with Crippen LogP contribution in [-0.4, -0.2) is 39.0 Å². The maximum Gasteiger partial charge on any atom is 0.129 e. The summed E-state index contributed by atoms with van der Waals surface area (Å²) in [4.78, 5) is 2.43. The summed E-state index contributed by atoms with van der Waals surface area (Å²) in [6.07, 6.45) is 2.52. The summed E-state index contributed by atoms with van der Waals surface area (Å²) < 4.78 is 43.8. The summed E-state index contributed by atoms with van der Waals surface area (Å²) in [6.45, 7) is 2.66. The van der Waals surface area contributed by atoms with Crippen molar-refractivity contribution in [3.05, 3.63) is 76.2 Å². The van der Waals surface area contributed by atoms with Gasteiger partial charge in [0, 0.05) is 55.4 Å². The average molecular weight is 476 g/mol. The predicted molar refractivity (Wildman–Crippen MR) is 121 cm³/mol. The number of fused-ring (bicyclic) bond motifs is 2. The molecule has 0 radical (unpaired) electrons. The highest BCUT2D eigenvalue weighted by atomic mass is 35.5. The molecule has 4 nitrogen and oxygen atoms in total. The molecule has 1 aromatic heterocycles. The molecule has 2 aliphatic carbocycles. The molecule has 1 fully saturated rings. The van der Waals surface area contributed by atoms with Gasteiger partial charge in [-0.25, -0.2) is 13.2 Å². The Kier molecular flexibility index (Phi) is 5.75. The van der Waals surface area contributed by atoms with Crippen LogP contribution in [0.4, 0.5) is 13.2 Å².